The van der Waals surface area contributed by atoms with Crippen LogP contribution in [-0.2, 0) is 20.8 Å². The van der Waals surface area contributed by atoms with Crippen molar-refractivity contribution in [2.24, 2.45) is 0 Å². The molecule has 0 saturated carbocycles. The Hall–Kier alpha value is -2.77. The first-order valence-corrected chi connectivity index (χ1v) is 6.98. The molecule has 3 amide bonds. The summed E-state index contributed by atoms with van der Waals surface area (Å²) >= 11 is 0. The number of benzene rings is 1. The highest BCUT2D eigenvalue weighted by Crippen LogP contribution is 2.27. The molecule has 1 aromatic carbocycles. The predicted molar refractivity (Wildman–Crippen MR) is 82.8 cm³/mol. The molecule has 0 aliphatic rings. The van der Waals surface area contributed by atoms with Gasteiger partial charge in [-0.2, -0.15) is 0 Å². The molecule has 1 aromatic rings. The van der Waals surface area contributed by atoms with Gasteiger partial charge < -0.3 is 14.8 Å². The minimum Gasteiger partial charge on any atom is -0.493 e. The Morgan fingerprint density at radius 3 is 2.22 bits per heavy atom. The molecule has 0 radical (unpaired) electrons. The van der Waals surface area contributed by atoms with Gasteiger partial charge in [0.25, 0.3) is 0 Å². The number of hydrazine groups is 1. The SMILES string of the molecule is COc1ccc(CC(=O)NNC(=O)C(=O)NC(C)C)cc1OC. The average Bonchev–Trinajstić information content (AvgIpc) is 2.51. The Balaban J connectivity index is 2.54. The van der Waals surface area contributed by atoms with E-state index in [1.807, 2.05) is 0 Å². The fraction of sp³-hybridized carbons (Fsp3) is 0.400. The van der Waals surface area contributed by atoms with Crippen molar-refractivity contribution in [2.45, 2.75) is 26.3 Å². The van der Waals surface area contributed by atoms with Crippen LogP contribution < -0.4 is 25.6 Å². The smallest absolute Gasteiger partial charge is 0.327 e. The molecule has 1 rings (SSSR count). The van der Waals surface area contributed by atoms with Crippen molar-refractivity contribution in [3.8, 4) is 11.5 Å². The van der Waals surface area contributed by atoms with Crippen LogP contribution in [0.1, 0.15) is 19.4 Å². The molecular weight excluding hydrogens is 302 g/mol. The number of hydrogen-bond donors (Lipinski definition) is 3. The number of ether oxygens (including phenoxy) is 2. The van der Waals surface area contributed by atoms with Gasteiger partial charge >= 0.3 is 11.8 Å². The number of hydrogen-bond acceptors (Lipinski definition) is 5. The van der Waals surface area contributed by atoms with Gasteiger partial charge in [-0.25, -0.2) is 0 Å². The predicted octanol–water partition coefficient (Wildman–Crippen LogP) is -0.0817. The Labute approximate surface area is 134 Å². The third kappa shape index (κ3) is 5.85. The molecule has 126 valence electrons. The lowest BCUT2D eigenvalue weighted by Crippen LogP contribution is -2.50. The van der Waals surface area contributed by atoms with Crippen molar-refractivity contribution >= 4 is 17.7 Å². The molecule has 8 nitrogen and oxygen atoms in total. The monoisotopic (exact) mass is 323 g/mol. The molecule has 0 spiro atoms. The maximum atomic E-state index is 11.8. The second-order valence-electron chi connectivity index (χ2n) is 5.00. The molecule has 0 bridgehead atoms. The largest absolute Gasteiger partial charge is 0.493 e. The highest BCUT2D eigenvalue weighted by atomic mass is 16.5. The van der Waals surface area contributed by atoms with Crippen molar-refractivity contribution in [3.63, 3.8) is 0 Å². The molecular formula is C15H21N3O5. The van der Waals surface area contributed by atoms with E-state index in [2.05, 4.69) is 16.2 Å². The van der Waals surface area contributed by atoms with Crippen LogP contribution in [0.2, 0.25) is 0 Å². The van der Waals surface area contributed by atoms with E-state index in [1.165, 1.54) is 14.2 Å². The van der Waals surface area contributed by atoms with Gasteiger partial charge in [0.2, 0.25) is 5.91 Å². The second kappa shape index (κ2) is 8.62. The quantitative estimate of drug-likeness (QED) is 0.519. The first kappa shape index (κ1) is 18.3. The molecule has 0 heterocycles. The number of nitrogens with one attached hydrogen (secondary N) is 3. The molecule has 0 aliphatic carbocycles. The molecule has 8 heteroatoms. The van der Waals surface area contributed by atoms with Crippen molar-refractivity contribution in [1.82, 2.24) is 16.2 Å². The zero-order chi connectivity index (χ0) is 17.4. The number of amides is 3. The maximum Gasteiger partial charge on any atom is 0.327 e. The summed E-state index contributed by atoms with van der Waals surface area (Å²) in [6.07, 6.45) is 0.00638. The van der Waals surface area contributed by atoms with Crippen molar-refractivity contribution < 1.29 is 23.9 Å². The van der Waals surface area contributed by atoms with Gasteiger partial charge in [0.1, 0.15) is 0 Å². The molecule has 0 aliphatic heterocycles. The van der Waals surface area contributed by atoms with E-state index in [4.69, 9.17) is 9.47 Å². The highest BCUT2D eigenvalue weighted by molar-refractivity contribution is 6.35. The minimum atomic E-state index is -0.931. The molecule has 0 unspecified atom stereocenters. The normalized spacial score (nSPS) is 9.96. The summed E-state index contributed by atoms with van der Waals surface area (Å²) in [4.78, 5) is 34.6. The lowest BCUT2D eigenvalue weighted by atomic mass is 10.1. The zero-order valence-electron chi connectivity index (χ0n) is 13.6. The van der Waals surface area contributed by atoms with Crippen LogP contribution in [0.3, 0.4) is 0 Å². The second-order valence-corrected chi connectivity index (χ2v) is 5.00. The van der Waals surface area contributed by atoms with Crippen LogP contribution in [0.15, 0.2) is 18.2 Å². The van der Waals surface area contributed by atoms with E-state index in [1.54, 1.807) is 32.0 Å². The van der Waals surface area contributed by atoms with Crippen LogP contribution in [-0.4, -0.2) is 38.0 Å². The van der Waals surface area contributed by atoms with Gasteiger partial charge in [-0.3, -0.25) is 25.2 Å². The average molecular weight is 323 g/mol. The minimum absolute atomic E-state index is 0.00638. The molecule has 3 N–H and O–H groups in total. The van der Waals surface area contributed by atoms with Crippen LogP contribution in [0.5, 0.6) is 11.5 Å². The van der Waals surface area contributed by atoms with Gasteiger partial charge in [-0.1, -0.05) is 6.07 Å². The van der Waals surface area contributed by atoms with Crippen LogP contribution in [0.25, 0.3) is 0 Å². The van der Waals surface area contributed by atoms with Gasteiger partial charge in [-0.15, -0.1) is 0 Å². The lowest BCUT2D eigenvalue weighted by Gasteiger charge is -2.11. The zero-order valence-corrected chi connectivity index (χ0v) is 13.6. The van der Waals surface area contributed by atoms with Crippen molar-refractivity contribution in [3.05, 3.63) is 23.8 Å². The van der Waals surface area contributed by atoms with Gasteiger partial charge in [0.15, 0.2) is 11.5 Å². The van der Waals surface area contributed by atoms with E-state index in [0.29, 0.717) is 17.1 Å². The molecule has 23 heavy (non-hydrogen) atoms. The Bertz CT molecular complexity index is 586. The molecule has 0 aromatic heterocycles. The van der Waals surface area contributed by atoms with Crippen LogP contribution >= 0.6 is 0 Å². The first-order valence-electron chi connectivity index (χ1n) is 6.98. The van der Waals surface area contributed by atoms with Crippen LogP contribution in [0.4, 0.5) is 0 Å². The standard InChI is InChI=1S/C15H21N3O5/c1-9(2)16-14(20)15(21)18-17-13(19)8-10-5-6-11(22-3)12(7-10)23-4/h5-7,9H,8H2,1-4H3,(H,16,20)(H,17,19)(H,18,21). The van der Waals surface area contributed by atoms with E-state index < -0.39 is 17.7 Å². The fourth-order valence-corrected chi connectivity index (χ4v) is 1.73. The maximum absolute atomic E-state index is 11.8. The number of carbonyl (C=O) groups is 3. The third-order valence-corrected chi connectivity index (χ3v) is 2.75. The lowest BCUT2D eigenvalue weighted by molar-refractivity contribution is -0.141. The molecule has 0 atom stereocenters. The molecule has 0 fully saturated rings. The Morgan fingerprint density at radius 2 is 1.65 bits per heavy atom. The summed E-state index contributed by atoms with van der Waals surface area (Å²) in [5.74, 6) is -1.16. The van der Waals surface area contributed by atoms with Crippen molar-refractivity contribution in [1.29, 1.82) is 0 Å². The van der Waals surface area contributed by atoms with Gasteiger partial charge in [0, 0.05) is 6.04 Å². The number of rotatable bonds is 5. The van der Waals surface area contributed by atoms with E-state index in [-0.39, 0.29) is 12.5 Å². The molecule has 0 saturated heterocycles. The fourth-order valence-electron chi connectivity index (χ4n) is 1.73. The van der Waals surface area contributed by atoms with E-state index >= 15 is 0 Å². The third-order valence-electron chi connectivity index (χ3n) is 2.75. The van der Waals surface area contributed by atoms with Crippen LogP contribution in [0, 0.1) is 0 Å². The number of carbonyl (C=O) groups excluding carboxylic acids is 3. The Kier molecular flexibility index (Phi) is 6.85. The topological polar surface area (TPSA) is 106 Å². The Morgan fingerprint density at radius 1 is 1.00 bits per heavy atom. The summed E-state index contributed by atoms with van der Waals surface area (Å²) in [5, 5.41) is 2.41. The van der Waals surface area contributed by atoms with E-state index in [9.17, 15) is 14.4 Å². The number of methoxy groups -OCH3 is 2. The summed E-state index contributed by atoms with van der Waals surface area (Å²) in [5.41, 5.74) is 4.90. The van der Waals surface area contributed by atoms with Gasteiger partial charge in [0.05, 0.1) is 20.6 Å². The highest BCUT2D eigenvalue weighted by Gasteiger charge is 2.15. The summed E-state index contributed by atoms with van der Waals surface area (Å²) in [7, 11) is 3.01. The first-order chi connectivity index (χ1) is 10.9. The summed E-state index contributed by atoms with van der Waals surface area (Å²) in [6, 6.07) is 4.87. The van der Waals surface area contributed by atoms with Crippen molar-refractivity contribution in [2.75, 3.05) is 14.2 Å². The van der Waals surface area contributed by atoms with Gasteiger partial charge in [-0.05, 0) is 31.5 Å². The van der Waals surface area contributed by atoms with E-state index in [0.717, 1.165) is 0 Å². The summed E-state index contributed by atoms with van der Waals surface area (Å²) < 4.78 is 10.3. The summed E-state index contributed by atoms with van der Waals surface area (Å²) in [6.45, 7) is 3.45.